The zero-order valence-electron chi connectivity index (χ0n) is 13.9. The Labute approximate surface area is 141 Å². The van der Waals surface area contributed by atoms with Crippen molar-refractivity contribution < 1.29 is 14.7 Å². The molecule has 2 N–H and O–H groups in total. The summed E-state index contributed by atoms with van der Waals surface area (Å²) in [6.45, 7) is 5.91. The Kier molecular flexibility index (Phi) is 5.47. The van der Waals surface area contributed by atoms with Crippen LogP contribution < -0.4 is 5.43 Å². The number of nitrogens with zero attached hydrogens (tertiary/aromatic N) is 1. The molecule has 0 aromatic heterocycles. The van der Waals surface area contributed by atoms with Crippen LogP contribution in [0.3, 0.4) is 0 Å². The first-order valence-corrected chi connectivity index (χ1v) is 7.66. The van der Waals surface area contributed by atoms with Gasteiger partial charge in [0.2, 0.25) is 0 Å². The van der Waals surface area contributed by atoms with Gasteiger partial charge in [0.25, 0.3) is 5.91 Å². The Bertz CT molecular complexity index is 778. The van der Waals surface area contributed by atoms with E-state index in [0.29, 0.717) is 22.6 Å². The van der Waals surface area contributed by atoms with E-state index >= 15 is 0 Å². The van der Waals surface area contributed by atoms with Crippen molar-refractivity contribution in [3.8, 4) is 0 Å². The Hall–Kier alpha value is -2.95. The van der Waals surface area contributed by atoms with Crippen molar-refractivity contribution in [1.82, 2.24) is 5.43 Å². The van der Waals surface area contributed by atoms with Crippen molar-refractivity contribution >= 4 is 18.1 Å². The highest BCUT2D eigenvalue weighted by molar-refractivity contribution is 5.95. The van der Waals surface area contributed by atoms with Crippen LogP contribution >= 0.6 is 0 Å². The van der Waals surface area contributed by atoms with Gasteiger partial charge in [0, 0.05) is 5.56 Å². The molecule has 0 radical (unpaired) electrons. The topological polar surface area (TPSA) is 78.8 Å². The van der Waals surface area contributed by atoms with Crippen LogP contribution in [0.4, 0.5) is 0 Å². The SMILES string of the molecule is Cc1cc(C=NNC(=O)c2ccc(C(C)C)cc2)ccc1C(=O)O. The minimum absolute atomic E-state index is 0.251. The second-order valence-corrected chi connectivity index (χ2v) is 5.86. The van der Waals surface area contributed by atoms with E-state index < -0.39 is 5.97 Å². The number of carboxylic acids is 1. The van der Waals surface area contributed by atoms with E-state index in [1.165, 1.54) is 17.8 Å². The zero-order valence-corrected chi connectivity index (χ0v) is 13.9. The molecule has 1 amide bonds. The van der Waals surface area contributed by atoms with Crippen molar-refractivity contribution in [2.45, 2.75) is 26.7 Å². The number of nitrogens with one attached hydrogen (secondary N) is 1. The van der Waals surface area contributed by atoms with Crippen molar-refractivity contribution in [3.63, 3.8) is 0 Å². The summed E-state index contributed by atoms with van der Waals surface area (Å²) >= 11 is 0. The summed E-state index contributed by atoms with van der Waals surface area (Å²) in [5, 5.41) is 12.9. The summed E-state index contributed by atoms with van der Waals surface area (Å²) in [5.74, 6) is -0.841. The van der Waals surface area contributed by atoms with Crippen LogP contribution in [0.2, 0.25) is 0 Å². The number of hydrazone groups is 1. The molecule has 5 nitrogen and oxygen atoms in total. The normalized spacial score (nSPS) is 11.0. The van der Waals surface area contributed by atoms with Gasteiger partial charge in [-0.1, -0.05) is 32.0 Å². The number of hydrogen-bond donors (Lipinski definition) is 2. The second kappa shape index (κ2) is 7.55. The smallest absolute Gasteiger partial charge is 0.335 e. The molecule has 0 aliphatic carbocycles. The fourth-order valence-corrected chi connectivity index (χ4v) is 2.26. The van der Waals surface area contributed by atoms with E-state index in [0.717, 1.165) is 0 Å². The predicted molar refractivity (Wildman–Crippen MR) is 93.7 cm³/mol. The molecular weight excluding hydrogens is 304 g/mol. The number of hydrogen-bond acceptors (Lipinski definition) is 3. The van der Waals surface area contributed by atoms with Gasteiger partial charge in [0.15, 0.2) is 0 Å². The van der Waals surface area contributed by atoms with Crippen LogP contribution in [0, 0.1) is 6.92 Å². The van der Waals surface area contributed by atoms with Gasteiger partial charge in [-0.05, 0) is 53.8 Å². The Morgan fingerprint density at radius 2 is 1.79 bits per heavy atom. The highest BCUT2D eigenvalue weighted by atomic mass is 16.4. The molecule has 5 heteroatoms. The molecule has 0 saturated heterocycles. The number of carbonyl (C=O) groups is 2. The third kappa shape index (κ3) is 4.29. The minimum Gasteiger partial charge on any atom is -0.478 e. The lowest BCUT2D eigenvalue weighted by molar-refractivity contribution is 0.0696. The minimum atomic E-state index is -0.964. The number of carboxylic acid groups (broad SMARTS) is 1. The van der Waals surface area contributed by atoms with E-state index in [1.54, 1.807) is 31.2 Å². The van der Waals surface area contributed by atoms with Gasteiger partial charge in [0.05, 0.1) is 11.8 Å². The lowest BCUT2D eigenvalue weighted by Crippen LogP contribution is -2.17. The third-order valence-electron chi connectivity index (χ3n) is 3.70. The van der Waals surface area contributed by atoms with Gasteiger partial charge < -0.3 is 5.11 Å². The average Bonchev–Trinajstić information content (AvgIpc) is 2.54. The number of aryl methyl sites for hydroxylation is 1. The standard InChI is InChI=1S/C19H20N2O3/c1-12(2)15-5-7-16(8-6-15)18(22)21-20-11-14-4-9-17(19(23)24)13(3)10-14/h4-12H,1-3H3,(H,21,22)(H,23,24). The maximum atomic E-state index is 12.0. The van der Waals surface area contributed by atoms with Crippen molar-refractivity contribution in [3.05, 3.63) is 70.3 Å². The molecule has 0 fully saturated rings. The number of rotatable bonds is 5. The van der Waals surface area contributed by atoms with Crippen molar-refractivity contribution in [2.24, 2.45) is 5.10 Å². The molecule has 2 aromatic carbocycles. The molecule has 0 bridgehead atoms. The van der Waals surface area contributed by atoms with Gasteiger partial charge >= 0.3 is 5.97 Å². The average molecular weight is 324 g/mol. The Morgan fingerprint density at radius 1 is 1.12 bits per heavy atom. The molecule has 24 heavy (non-hydrogen) atoms. The first-order chi connectivity index (χ1) is 11.4. The van der Waals surface area contributed by atoms with Crippen LogP contribution in [0.15, 0.2) is 47.6 Å². The van der Waals surface area contributed by atoms with Gasteiger partial charge in [-0.3, -0.25) is 4.79 Å². The van der Waals surface area contributed by atoms with Crippen LogP contribution in [0.1, 0.15) is 57.2 Å². The van der Waals surface area contributed by atoms with Gasteiger partial charge in [-0.15, -0.1) is 0 Å². The number of amides is 1. The molecule has 0 heterocycles. The first-order valence-electron chi connectivity index (χ1n) is 7.66. The highest BCUT2D eigenvalue weighted by Gasteiger charge is 2.07. The van der Waals surface area contributed by atoms with E-state index in [4.69, 9.17) is 5.11 Å². The molecule has 0 spiro atoms. The largest absolute Gasteiger partial charge is 0.478 e. The van der Waals surface area contributed by atoms with E-state index in [-0.39, 0.29) is 11.5 Å². The maximum Gasteiger partial charge on any atom is 0.335 e. The summed E-state index contributed by atoms with van der Waals surface area (Å²) in [4.78, 5) is 23.0. The molecule has 2 rings (SSSR count). The monoisotopic (exact) mass is 324 g/mol. The molecule has 0 unspecified atom stereocenters. The lowest BCUT2D eigenvalue weighted by Gasteiger charge is -2.06. The summed E-state index contributed by atoms with van der Waals surface area (Å²) < 4.78 is 0. The van der Waals surface area contributed by atoms with Crippen LogP contribution in [0.5, 0.6) is 0 Å². The Balaban J connectivity index is 2.01. The van der Waals surface area contributed by atoms with Gasteiger partial charge in [0.1, 0.15) is 0 Å². The molecule has 0 saturated carbocycles. The number of carbonyl (C=O) groups excluding carboxylic acids is 1. The zero-order chi connectivity index (χ0) is 17.7. The summed E-state index contributed by atoms with van der Waals surface area (Å²) in [5.41, 5.74) is 5.78. The number of aromatic carboxylic acids is 1. The highest BCUT2D eigenvalue weighted by Crippen LogP contribution is 2.14. The summed E-state index contributed by atoms with van der Waals surface area (Å²) in [6.07, 6.45) is 1.49. The fraction of sp³-hybridized carbons (Fsp3) is 0.211. The predicted octanol–water partition coefficient (Wildman–Crippen LogP) is 3.58. The molecule has 0 aliphatic rings. The van der Waals surface area contributed by atoms with Crippen LogP contribution in [0.25, 0.3) is 0 Å². The maximum absolute atomic E-state index is 12.0. The molecule has 2 aromatic rings. The first kappa shape index (κ1) is 17.4. The van der Waals surface area contributed by atoms with Crippen LogP contribution in [-0.2, 0) is 0 Å². The fourth-order valence-electron chi connectivity index (χ4n) is 2.26. The van der Waals surface area contributed by atoms with E-state index in [9.17, 15) is 9.59 Å². The van der Waals surface area contributed by atoms with Crippen LogP contribution in [-0.4, -0.2) is 23.2 Å². The lowest BCUT2D eigenvalue weighted by atomic mass is 10.0. The molecule has 124 valence electrons. The number of benzene rings is 2. The van der Waals surface area contributed by atoms with E-state index in [2.05, 4.69) is 24.4 Å². The molecule has 0 aliphatic heterocycles. The summed E-state index contributed by atoms with van der Waals surface area (Å²) in [7, 11) is 0. The third-order valence-corrected chi connectivity index (χ3v) is 3.70. The van der Waals surface area contributed by atoms with Gasteiger partial charge in [-0.2, -0.15) is 5.10 Å². The molecule has 0 atom stereocenters. The van der Waals surface area contributed by atoms with Crippen molar-refractivity contribution in [2.75, 3.05) is 0 Å². The second-order valence-electron chi connectivity index (χ2n) is 5.86. The van der Waals surface area contributed by atoms with Crippen molar-refractivity contribution in [1.29, 1.82) is 0 Å². The van der Waals surface area contributed by atoms with Gasteiger partial charge in [-0.25, -0.2) is 10.2 Å². The Morgan fingerprint density at radius 3 is 2.33 bits per heavy atom. The summed E-state index contributed by atoms with van der Waals surface area (Å²) in [6, 6.07) is 12.3. The molecular formula is C19H20N2O3. The quantitative estimate of drug-likeness (QED) is 0.652. The van der Waals surface area contributed by atoms with E-state index in [1.807, 2.05) is 12.1 Å².